The summed E-state index contributed by atoms with van der Waals surface area (Å²) in [6, 6.07) is 13.2. The monoisotopic (exact) mass is 356 g/mol. The maximum absolute atomic E-state index is 14.4. The van der Waals surface area contributed by atoms with Gasteiger partial charge in [-0.15, -0.1) is 0 Å². The van der Waals surface area contributed by atoms with Gasteiger partial charge in [0.15, 0.2) is 6.10 Å². The first-order valence-corrected chi connectivity index (χ1v) is 8.30. The number of nitrogens with zero attached hydrogens (tertiary/aromatic N) is 1. The van der Waals surface area contributed by atoms with Gasteiger partial charge in [0, 0.05) is 24.8 Å². The Balaban J connectivity index is 2.12. The topological polar surface area (TPSA) is 71.3 Å². The van der Waals surface area contributed by atoms with Crippen molar-refractivity contribution in [2.45, 2.75) is 26.0 Å². The first-order chi connectivity index (χ1) is 12.6. The van der Waals surface area contributed by atoms with Crippen LogP contribution in [0.4, 0.5) is 4.39 Å². The molecule has 2 aromatic rings. The molecule has 0 aliphatic carbocycles. The molecular formula is C20H21FN2O3. The van der Waals surface area contributed by atoms with E-state index in [0.29, 0.717) is 24.3 Å². The minimum atomic E-state index is -1.04. The van der Waals surface area contributed by atoms with E-state index in [9.17, 15) is 9.18 Å². The van der Waals surface area contributed by atoms with Gasteiger partial charge in [0.05, 0.1) is 18.7 Å². The third-order valence-electron chi connectivity index (χ3n) is 3.77. The average Bonchev–Trinajstić information content (AvgIpc) is 2.67. The lowest BCUT2D eigenvalue weighted by Gasteiger charge is -2.19. The van der Waals surface area contributed by atoms with Crippen LogP contribution in [-0.2, 0) is 16.1 Å². The zero-order chi connectivity index (χ0) is 18.9. The molecule has 2 aromatic carbocycles. The van der Waals surface area contributed by atoms with E-state index in [1.54, 1.807) is 30.3 Å². The third kappa shape index (κ3) is 5.04. The number of hydrogen-bond donors (Lipinski definition) is 1. The summed E-state index contributed by atoms with van der Waals surface area (Å²) in [6.07, 6.45) is -0.337. The van der Waals surface area contributed by atoms with E-state index in [2.05, 4.69) is 5.32 Å². The minimum absolute atomic E-state index is 0.163. The lowest BCUT2D eigenvalue weighted by Crippen LogP contribution is -2.31. The lowest BCUT2D eigenvalue weighted by molar-refractivity contribution is -0.133. The van der Waals surface area contributed by atoms with Crippen molar-refractivity contribution < 1.29 is 18.7 Å². The first-order valence-electron chi connectivity index (χ1n) is 8.30. The number of nitriles is 1. The predicted octanol–water partition coefficient (Wildman–Crippen LogP) is 3.49. The van der Waals surface area contributed by atoms with Crippen LogP contribution in [0, 0.1) is 17.1 Å². The van der Waals surface area contributed by atoms with Gasteiger partial charge in [-0.3, -0.25) is 4.79 Å². The van der Waals surface area contributed by atoms with Crippen LogP contribution >= 0.6 is 0 Å². The van der Waals surface area contributed by atoms with Gasteiger partial charge in [-0.25, -0.2) is 4.39 Å². The van der Waals surface area contributed by atoms with Crippen LogP contribution in [0.2, 0.25) is 0 Å². The molecule has 6 heteroatoms. The number of methoxy groups -OCH3 is 1. The van der Waals surface area contributed by atoms with E-state index in [0.717, 1.165) is 5.56 Å². The summed E-state index contributed by atoms with van der Waals surface area (Å²) in [4.78, 5) is 12.6. The maximum atomic E-state index is 14.4. The molecule has 0 unspecified atom stereocenters. The van der Waals surface area contributed by atoms with Crippen LogP contribution in [0.5, 0.6) is 5.75 Å². The summed E-state index contributed by atoms with van der Waals surface area (Å²) in [5, 5.41) is 11.6. The summed E-state index contributed by atoms with van der Waals surface area (Å²) < 4.78 is 24.9. The highest BCUT2D eigenvalue weighted by Crippen LogP contribution is 2.25. The molecule has 0 aliphatic heterocycles. The van der Waals surface area contributed by atoms with Gasteiger partial charge < -0.3 is 14.8 Å². The normalized spacial score (nSPS) is 11.5. The molecular weight excluding hydrogens is 335 g/mol. The fourth-order valence-corrected chi connectivity index (χ4v) is 2.37. The number of amides is 1. The minimum Gasteiger partial charge on any atom is -0.497 e. The Morgan fingerprint density at radius 2 is 2.00 bits per heavy atom. The van der Waals surface area contributed by atoms with E-state index < -0.39 is 17.8 Å². The zero-order valence-corrected chi connectivity index (χ0v) is 14.8. The Morgan fingerprint density at radius 1 is 1.27 bits per heavy atom. The predicted molar refractivity (Wildman–Crippen MR) is 94.9 cm³/mol. The number of rotatable bonds is 8. The van der Waals surface area contributed by atoms with E-state index in [4.69, 9.17) is 14.7 Å². The second-order valence-electron chi connectivity index (χ2n) is 5.66. The Bertz CT molecular complexity index is 785. The van der Waals surface area contributed by atoms with Crippen molar-refractivity contribution in [1.82, 2.24) is 5.32 Å². The van der Waals surface area contributed by atoms with Crippen LogP contribution in [0.1, 0.15) is 36.1 Å². The molecule has 0 aromatic heterocycles. The molecule has 0 heterocycles. The van der Waals surface area contributed by atoms with Gasteiger partial charge in [-0.1, -0.05) is 19.1 Å². The van der Waals surface area contributed by atoms with Gasteiger partial charge in [0.25, 0.3) is 5.91 Å². The molecule has 136 valence electrons. The summed E-state index contributed by atoms with van der Waals surface area (Å²) >= 11 is 0. The van der Waals surface area contributed by atoms with E-state index in [1.165, 1.54) is 19.2 Å². The molecule has 1 amide bonds. The number of carbonyl (C=O) groups is 1. The fourth-order valence-electron chi connectivity index (χ4n) is 2.37. The summed E-state index contributed by atoms with van der Waals surface area (Å²) in [5.41, 5.74) is 1.54. The van der Waals surface area contributed by atoms with Crippen molar-refractivity contribution in [3.63, 3.8) is 0 Å². The molecule has 0 spiro atoms. The second-order valence-corrected chi connectivity index (χ2v) is 5.66. The molecule has 1 atom stereocenters. The number of halogens is 1. The highest BCUT2D eigenvalue weighted by molar-refractivity contribution is 5.82. The Kier molecular flexibility index (Phi) is 7.12. The molecule has 5 nitrogen and oxygen atoms in total. The van der Waals surface area contributed by atoms with Crippen LogP contribution in [0.3, 0.4) is 0 Å². The van der Waals surface area contributed by atoms with Crippen molar-refractivity contribution in [3.8, 4) is 11.8 Å². The SMILES string of the molecule is CCCO[C@H](C(=O)NCc1ccc(C#N)cc1)c1ccc(OC)cc1F. The third-order valence-corrected chi connectivity index (χ3v) is 3.77. The summed E-state index contributed by atoms with van der Waals surface area (Å²) in [6.45, 7) is 2.50. The highest BCUT2D eigenvalue weighted by atomic mass is 19.1. The van der Waals surface area contributed by atoms with Crippen LogP contribution in [-0.4, -0.2) is 19.6 Å². The van der Waals surface area contributed by atoms with E-state index in [-0.39, 0.29) is 12.1 Å². The Hall–Kier alpha value is -2.91. The largest absolute Gasteiger partial charge is 0.497 e. The van der Waals surface area contributed by atoms with Crippen molar-refractivity contribution in [2.75, 3.05) is 13.7 Å². The highest BCUT2D eigenvalue weighted by Gasteiger charge is 2.24. The summed E-state index contributed by atoms with van der Waals surface area (Å²) in [7, 11) is 1.45. The number of ether oxygens (including phenoxy) is 2. The average molecular weight is 356 g/mol. The Morgan fingerprint density at radius 3 is 2.58 bits per heavy atom. The van der Waals surface area contributed by atoms with Crippen LogP contribution in [0.25, 0.3) is 0 Å². The Labute approximate surface area is 152 Å². The van der Waals surface area contributed by atoms with Crippen molar-refractivity contribution in [1.29, 1.82) is 5.26 Å². The molecule has 0 saturated carbocycles. The molecule has 1 N–H and O–H groups in total. The van der Waals surface area contributed by atoms with E-state index in [1.807, 2.05) is 13.0 Å². The van der Waals surface area contributed by atoms with Gasteiger partial charge >= 0.3 is 0 Å². The summed E-state index contributed by atoms with van der Waals surface area (Å²) in [5.74, 6) is -0.607. The number of hydrogen-bond acceptors (Lipinski definition) is 4. The maximum Gasteiger partial charge on any atom is 0.254 e. The van der Waals surface area contributed by atoms with E-state index >= 15 is 0 Å². The van der Waals surface area contributed by atoms with Crippen molar-refractivity contribution >= 4 is 5.91 Å². The molecule has 0 bridgehead atoms. The van der Waals surface area contributed by atoms with Gasteiger partial charge in [0.2, 0.25) is 0 Å². The zero-order valence-electron chi connectivity index (χ0n) is 14.8. The molecule has 2 rings (SSSR count). The van der Waals surface area contributed by atoms with Gasteiger partial charge in [-0.2, -0.15) is 5.26 Å². The number of nitrogens with one attached hydrogen (secondary N) is 1. The number of carbonyl (C=O) groups excluding carboxylic acids is 1. The lowest BCUT2D eigenvalue weighted by atomic mass is 10.1. The molecule has 0 saturated heterocycles. The second kappa shape index (κ2) is 9.54. The first kappa shape index (κ1) is 19.4. The standard InChI is InChI=1S/C20H21FN2O3/c1-3-10-26-19(17-9-8-16(25-2)11-18(17)21)20(24)23-13-15-6-4-14(12-22)5-7-15/h4-9,11,19H,3,10,13H2,1-2H3,(H,23,24)/t19-/m0/s1. The molecule has 26 heavy (non-hydrogen) atoms. The quantitative estimate of drug-likeness (QED) is 0.786. The van der Waals surface area contributed by atoms with Crippen LogP contribution < -0.4 is 10.1 Å². The smallest absolute Gasteiger partial charge is 0.254 e. The molecule has 0 fully saturated rings. The van der Waals surface area contributed by atoms with Gasteiger partial charge in [-0.05, 0) is 36.2 Å². The molecule has 0 aliphatic rings. The van der Waals surface area contributed by atoms with Crippen molar-refractivity contribution in [2.24, 2.45) is 0 Å². The number of benzene rings is 2. The fraction of sp³-hybridized carbons (Fsp3) is 0.300. The van der Waals surface area contributed by atoms with Gasteiger partial charge in [0.1, 0.15) is 11.6 Å². The van der Waals surface area contributed by atoms with Crippen molar-refractivity contribution in [3.05, 3.63) is 65.0 Å². The van der Waals surface area contributed by atoms with Crippen LogP contribution in [0.15, 0.2) is 42.5 Å². The molecule has 0 radical (unpaired) electrons.